The second kappa shape index (κ2) is 9.81. The third kappa shape index (κ3) is 6.81. The number of amides is 1. The van der Waals surface area contributed by atoms with Gasteiger partial charge in [-0.25, -0.2) is 0 Å². The lowest BCUT2D eigenvalue weighted by Crippen LogP contribution is -2.33. The smallest absolute Gasteiger partial charge is 0.224 e. The zero-order valence-electron chi connectivity index (χ0n) is 14.7. The van der Waals surface area contributed by atoms with Gasteiger partial charge < -0.3 is 14.8 Å². The summed E-state index contributed by atoms with van der Waals surface area (Å²) in [5.74, 6) is 2.00. The van der Waals surface area contributed by atoms with Crippen molar-refractivity contribution in [1.82, 2.24) is 5.32 Å². The first-order valence-electron chi connectivity index (χ1n) is 8.07. The summed E-state index contributed by atoms with van der Waals surface area (Å²) in [7, 11) is 3.18. The topological polar surface area (TPSA) is 47.6 Å². The number of nitrogens with one attached hydrogen (secondary N) is 1. The molecule has 1 atom stereocenters. The molecule has 1 rings (SSSR count). The van der Waals surface area contributed by atoms with E-state index in [0.717, 1.165) is 22.9 Å². The van der Waals surface area contributed by atoms with Gasteiger partial charge in [-0.2, -0.15) is 0 Å². The summed E-state index contributed by atoms with van der Waals surface area (Å²) in [4.78, 5) is 12.2. The molecule has 1 aromatic rings. The van der Waals surface area contributed by atoms with Crippen LogP contribution in [0.1, 0.15) is 45.6 Å². The van der Waals surface area contributed by atoms with Crippen molar-refractivity contribution in [2.24, 2.45) is 5.92 Å². The SMILES string of the molecule is COc1cc(Br)c(CC(=O)NC(C)CCCC(C)C)cc1OC. The van der Waals surface area contributed by atoms with E-state index in [2.05, 4.69) is 42.0 Å². The van der Waals surface area contributed by atoms with Gasteiger partial charge in [-0.15, -0.1) is 0 Å². The summed E-state index contributed by atoms with van der Waals surface area (Å²) in [5, 5.41) is 3.06. The van der Waals surface area contributed by atoms with E-state index >= 15 is 0 Å². The lowest BCUT2D eigenvalue weighted by atomic mass is 10.0. The fourth-order valence-corrected chi connectivity index (χ4v) is 2.90. The molecule has 0 heterocycles. The minimum atomic E-state index is 0.0231. The molecule has 0 aliphatic heterocycles. The summed E-state index contributed by atoms with van der Waals surface area (Å²) >= 11 is 3.49. The van der Waals surface area contributed by atoms with Gasteiger partial charge in [-0.1, -0.05) is 42.6 Å². The Bertz CT molecular complexity index is 517. The lowest BCUT2D eigenvalue weighted by Gasteiger charge is -2.16. The molecule has 0 fully saturated rings. The van der Waals surface area contributed by atoms with E-state index in [4.69, 9.17) is 9.47 Å². The van der Waals surface area contributed by atoms with Crippen molar-refractivity contribution >= 4 is 21.8 Å². The van der Waals surface area contributed by atoms with Crippen LogP contribution in [0, 0.1) is 5.92 Å². The van der Waals surface area contributed by atoms with E-state index in [9.17, 15) is 4.79 Å². The highest BCUT2D eigenvalue weighted by molar-refractivity contribution is 9.10. The van der Waals surface area contributed by atoms with Gasteiger partial charge in [-0.05, 0) is 37.0 Å². The van der Waals surface area contributed by atoms with Crippen LogP contribution in [0.2, 0.25) is 0 Å². The van der Waals surface area contributed by atoms with Crippen molar-refractivity contribution < 1.29 is 14.3 Å². The van der Waals surface area contributed by atoms with Crippen LogP contribution in [0.4, 0.5) is 0 Å². The first-order valence-corrected chi connectivity index (χ1v) is 8.86. The number of hydrogen-bond acceptors (Lipinski definition) is 3. The predicted molar refractivity (Wildman–Crippen MR) is 97.2 cm³/mol. The van der Waals surface area contributed by atoms with Crippen LogP contribution in [0.25, 0.3) is 0 Å². The second-order valence-corrected chi connectivity index (χ2v) is 7.12. The van der Waals surface area contributed by atoms with E-state index in [1.807, 2.05) is 12.1 Å². The minimum Gasteiger partial charge on any atom is -0.493 e. The van der Waals surface area contributed by atoms with Crippen LogP contribution < -0.4 is 14.8 Å². The zero-order chi connectivity index (χ0) is 17.4. The number of methoxy groups -OCH3 is 2. The molecule has 0 spiro atoms. The monoisotopic (exact) mass is 385 g/mol. The lowest BCUT2D eigenvalue weighted by molar-refractivity contribution is -0.121. The number of ether oxygens (including phenoxy) is 2. The zero-order valence-corrected chi connectivity index (χ0v) is 16.3. The van der Waals surface area contributed by atoms with Gasteiger partial charge in [0.15, 0.2) is 11.5 Å². The van der Waals surface area contributed by atoms with Crippen molar-refractivity contribution in [2.75, 3.05) is 14.2 Å². The molecule has 4 nitrogen and oxygen atoms in total. The minimum absolute atomic E-state index is 0.0231. The number of carbonyl (C=O) groups is 1. The third-order valence-corrected chi connectivity index (χ3v) is 4.47. The Labute approximate surface area is 148 Å². The van der Waals surface area contributed by atoms with Crippen molar-refractivity contribution in [3.05, 3.63) is 22.2 Å². The largest absolute Gasteiger partial charge is 0.493 e. The summed E-state index contributed by atoms with van der Waals surface area (Å²) in [6.45, 7) is 6.50. The third-order valence-electron chi connectivity index (χ3n) is 3.73. The standard InChI is InChI=1S/C18H28BrNO3/c1-12(2)7-6-8-13(3)20-18(21)10-14-9-16(22-4)17(23-5)11-15(14)19/h9,11-13H,6-8,10H2,1-5H3,(H,20,21). The Kier molecular flexibility index (Phi) is 8.45. The Balaban J connectivity index is 2.60. The predicted octanol–water partition coefficient (Wildman–Crippen LogP) is 4.34. The highest BCUT2D eigenvalue weighted by Crippen LogP contribution is 2.33. The molecule has 0 bridgehead atoms. The van der Waals surface area contributed by atoms with Crippen LogP contribution in [-0.2, 0) is 11.2 Å². The van der Waals surface area contributed by atoms with Crippen LogP contribution in [0.5, 0.6) is 11.5 Å². The van der Waals surface area contributed by atoms with Gasteiger partial charge in [-0.3, -0.25) is 4.79 Å². The van der Waals surface area contributed by atoms with Crippen molar-refractivity contribution in [3.8, 4) is 11.5 Å². The molecule has 0 aliphatic rings. The molecule has 130 valence electrons. The van der Waals surface area contributed by atoms with Crippen LogP contribution in [0.3, 0.4) is 0 Å². The van der Waals surface area contributed by atoms with Gasteiger partial charge >= 0.3 is 0 Å². The first kappa shape index (κ1) is 19.8. The summed E-state index contributed by atoms with van der Waals surface area (Å²) < 4.78 is 11.4. The molecule has 0 aliphatic carbocycles. The van der Waals surface area contributed by atoms with Crippen LogP contribution in [0.15, 0.2) is 16.6 Å². The fraction of sp³-hybridized carbons (Fsp3) is 0.611. The van der Waals surface area contributed by atoms with Crippen molar-refractivity contribution in [1.29, 1.82) is 0 Å². The maximum absolute atomic E-state index is 12.2. The van der Waals surface area contributed by atoms with Crippen molar-refractivity contribution in [3.63, 3.8) is 0 Å². The molecule has 0 aromatic heterocycles. The molecule has 0 saturated carbocycles. The van der Waals surface area contributed by atoms with Crippen molar-refractivity contribution in [2.45, 2.75) is 52.5 Å². The number of halogens is 1. The molecule has 1 N–H and O–H groups in total. The molecule has 1 aromatic carbocycles. The number of carbonyl (C=O) groups excluding carboxylic acids is 1. The average molecular weight is 386 g/mol. The Morgan fingerprint density at radius 3 is 2.30 bits per heavy atom. The second-order valence-electron chi connectivity index (χ2n) is 6.27. The van der Waals surface area contributed by atoms with Gasteiger partial charge in [0.25, 0.3) is 0 Å². The number of hydrogen-bond donors (Lipinski definition) is 1. The highest BCUT2D eigenvalue weighted by Gasteiger charge is 2.14. The number of rotatable bonds is 9. The summed E-state index contributed by atoms with van der Waals surface area (Å²) in [6.07, 6.45) is 3.66. The van der Waals surface area contributed by atoms with E-state index in [0.29, 0.717) is 23.8 Å². The molecular weight excluding hydrogens is 358 g/mol. The quantitative estimate of drug-likeness (QED) is 0.687. The van der Waals surface area contributed by atoms with E-state index in [1.54, 1.807) is 14.2 Å². The Morgan fingerprint density at radius 2 is 1.74 bits per heavy atom. The maximum Gasteiger partial charge on any atom is 0.224 e. The highest BCUT2D eigenvalue weighted by atomic mass is 79.9. The molecule has 5 heteroatoms. The Morgan fingerprint density at radius 1 is 1.13 bits per heavy atom. The van der Waals surface area contributed by atoms with E-state index < -0.39 is 0 Å². The molecule has 23 heavy (non-hydrogen) atoms. The molecule has 0 radical (unpaired) electrons. The molecule has 1 unspecified atom stereocenters. The molecular formula is C18H28BrNO3. The fourth-order valence-electron chi connectivity index (χ4n) is 2.44. The van der Waals surface area contributed by atoms with Crippen LogP contribution in [-0.4, -0.2) is 26.2 Å². The van der Waals surface area contributed by atoms with E-state index in [1.165, 1.54) is 6.42 Å². The molecule has 0 saturated heterocycles. The normalized spacial score (nSPS) is 12.1. The van der Waals surface area contributed by atoms with E-state index in [-0.39, 0.29) is 11.9 Å². The van der Waals surface area contributed by atoms with Gasteiger partial charge in [0.2, 0.25) is 5.91 Å². The van der Waals surface area contributed by atoms with Crippen LogP contribution >= 0.6 is 15.9 Å². The average Bonchev–Trinajstić information content (AvgIpc) is 2.48. The molecule has 1 amide bonds. The van der Waals surface area contributed by atoms with Gasteiger partial charge in [0.1, 0.15) is 0 Å². The maximum atomic E-state index is 12.2. The number of benzene rings is 1. The summed E-state index contributed by atoms with van der Waals surface area (Å²) in [5.41, 5.74) is 0.884. The van der Waals surface area contributed by atoms with Gasteiger partial charge in [0, 0.05) is 10.5 Å². The van der Waals surface area contributed by atoms with Gasteiger partial charge in [0.05, 0.1) is 20.6 Å². The first-order chi connectivity index (χ1) is 10.9. The Hall–Kier alpha value is -1.23. The summed E-state index contributed by atoms with van der Waals surface area (Å²) in [6, 6.07) is 3.86.